The molecule has 1 saturated carbocycles. The van der Waals surface area contributed by atoms with Crippen LogP contribution in [0.5, 0.6) is 11.5 Å². The summed E-state index contributed by atoms with van der Waals surface area (Å²) in [6, 6.07) is 6.72. The third-order valence-electron chi connectivity index (χ3n) is 2.65. The van der Waals surface area contributed by atoms with Gasteiger partial charge in [-0.05, 0) is 25.0 Å². The quantitative estimate of drug-likeness (QED) is 0.607. The van der Waals surface area contributed by atoms with Crippen LogP contribution in [0, 0.1) is 11.8 Å². The molecule has 1 aromatic rings. The molecule has 18 heavy (non-hydrogen) atoms. The Labute approximate surface area is 106 Å². The summed E-state index contributed by atoms with van der Waals surface area (Å²) in [7, 11) is 0. The molecule has 4 nitrogen and oxygen atoms in total. The van der Waals surface area contributed by atoms with Crippen LogP contribution in [-0.2, 0) is 9.59 Å². The van der Waals surface area contributed by atoms with E-state index < -0.39 is 0 Å². The van der Waals surface area contributed by atoms with Gasteiger partial charge in [0.1, 0.15) is 0 Å². The topological polar surface area (TPSA) is 52.6 Å². The number of esters is 2. The molecule has 1 aromatic carbocycles. The van der Waals surface area contributed by atoms with Crippen molar-refractivity contribution < 1.29 is 19.1 Å². The van der Waals surface area contributed by atoms with Crippen LogP contribution < -0.4 is 9.47 Å². The monoisotopic (exact) mass is 248 g/mol. The molecular formula is C14H16O4. The summed E-state index contributed by atoms with van der Waals surface area (Å²) in [6.07, 6.45) is 1.76. The largest absolute Gasteiger partial charge is 0.422 e. The molecule has 0 spiro atoms. The Hall–Kier alpha value is -1.84. The summed E-state index contributed by atoms with van der Waals surface area (Å²) < 4.78 is 10.4. The van der Waals surface area contributed by atoms with E-state index in [9.17, 15) is 9.59 Å². The SMILES string of the molecule is CC(C)C(=O)Oc1ccccc1OC(=O)C1CC1. The van der Waals surface area contributed by atoms with Crippen molar-refractivity contribution in [2.45, 2.75) is 26.7 Å². The van der Waals surface area contributed by atoms with Crippen molar-refractivity contribution in [3.63, 3.8) is 0 Å². The lowest BCUT2D eigenvalue weighted by atomic mass is 10.2. The average Bonchev–Trinajstić information content (AvgIpc) is 3.15. The first-order valence-electron chi connectivity index (χ1n) is 6.10. The fraction of sp³-hybridized carbons (Fsp3) is 0.429. The zero-order valence-corrected chi connectivity index (χ0v) is 10.5. The van der Waals surface area contributed by atoms with Gasteiger partial charge in [-0.25, -0.2) is 0 Å². The highest BCUT2D eigenvalue weighted by Gasteiger charge is 2.32. The highest BCUT2D eigenvalue weighted by atomic mass is 16.6. The molecule has 0 bridgehead atoms. The van der Waals surface area contributed by atoms with Crippen molar-refractivity contribution >= 4 is 11.9 Å². The molecule has 96 valence electrons. The van der Waals surface area contributed by atoms with E-state index in [0.717, 1.165) is 12.8 Å². The maximum Gasteiger partial charge on any atom is 0.314 e. The Morgan fingerprint density at radius 1 is 1.11 bits per heavy atom. The normalized spacial score (nSPS) is 14.4. The van der Waals surface area contributed by atoms with Crippen molar-refractivity contribution in [3.8, 4) is 11.5 Å². The summed E-state index contributed by atoms with van der Waals surface area (Å²) in [6.45, 7) is 3.50. The second-order valence-corrected chi connectivity index (χ2v) is 4.72. The zero-order valence-electron chi connectivity index (χ0n) is 10.5. The van der Waals surface area contributed by atoms with E-state index >= 15 is 0 Å². The van der Waals surface area contributed by atoms with Gasteiger partial charge in [0.15, 0.2) is 11.5 Å². The Balaban J connectivity index is 2.09. The maximum atomic E-state index is 11.6. The van der Waals surface area contributed by atoms with Crippen LogP contribution in [0.15, 0.2) is 24.3 Å². The van der Waals surface area contributed by atoms with Crippen molar-refractivity contribution in [1.82, 2.24) is 0 Å². The molecule has 1 aliphatic carbocycles. The Kier molecular flexibility index (Phi) is 3.65. The second-order valence-electron chi connectivity index (χ2n) is 4.72. The number of carbonyl (C=O) groups excluding carboxylic acids is 2. The first kappa shape index (κ1) is 12.6. The predicted octanol–water partition coefficient (Wildman–Crippen LogP) is 2.56. The maximum absolute atomic E-state index is 11.6. The van der Waals surface area contributed by atoms with Gasteiger partial charge in [0.2, 0.25) is 0 Å². The number of ether oxygens (including phenoxy) is 2. The van der Waals surface area contributed by atoms with E-state index in [1.54, 1.807) is 38.1 Å². The molecule has 0 aliphatic heterocycles. The van der Waals surface area contributed by atoms with Gasteiger partial charge in [0.05, 0.1) is 11.8 Å². The smallest absolute Gasteiger partial charge is 0.314 e. The van der Waals surface area contributed by atoms with Gasteiger partial charge in [-0.15, -0.1) is 0 Å². The molecular weight excluding hydrogens is 232 g/mol. The molecule has 0 atom stereocenters. The lowest BCUT2D eigenvalue weighted by molar-refractivity contribution is -0.139. The van der Waals surface area contributed by atoms with Crippen LogP contribution in [0.1, 0.15) is 26.7 Å². The van der Waals surface area contributed by atoms with E-state index in [-0.39, 0.29) is 23.8 Å². The van der Waals surface area contributed by atoms with E-state index in [2.05, 4.69) is 0 Å². The Bertz CT molecular complexity index is 426. The molecule has 0 aromatic heterocycles. The third kappa shape index (κ3) is 3.09. The molecule has 0 unspecified atom stereocenters. The van der Waals surface area contributed by atoms with Gasteiger partial charge in [0, 0.05) is 0 Å². The standard InChI is InChI=1S/C14H16O4/c1-9(2)13(15)17-11-5-3-4-6-12(11)18-14(16)10-7-8-10/h3-6,9-10H,7-8H2,1-2H3. The van der Waals surface area contributed by atoms with Gasteiger partial charge in [0.25, 0.3) is 0 Å². The van der Waals surface area contributed by atoms with Crippen molar-refractivity contribution in [2.24, 2.45) is 11.8 Å². The van der Waals surface area contributed by atoms with E-state index in [1.807, 2.05) is 0 Å². The van der Waals surface area contributed by atoms with Gasteiger partial charge in [-0.3, -0.25) is 9.59 Å². The summed E-state index contributed by atoms with van der Waals surface area (Å²) >= 11 is 0. The molecule has 0 N–H and O–H groups in total. The number of hydrogen-bond donors (Lipinski definition) is 0. The Morgan fingerprint density at radius 2 is 1.67 bits per heavy atom. The Morgan fingerprint density at radius 3 is 2.17 bits per heavy atom. The van der Waals surface area contributed by atoms with Crippen LogP contribution >= 0.6 is 0 Å². The molecule has 2 rings (SSSR count). The number of rotatable bonds is 4. The molecule has 1 fully saturated rings. The lowest BCUT2D eigenvalue weighted by Gasteiger charge is -2.11. The minimum absolute atomic E-state index is 0.0128. The first-order chi connectivity index (χ1) is 8.58. The molecule has 0 heterocycles. The number of benzene rings is 1. The zero-order chi connectivity index (χ0) is 13.1. The summed E-state index contributed by atoms with van der Waals surface area (Å²) in [5, 5.41) is 0. The van der Waals surface area contributed by atoms with Gasteiger partial charge >= 0.3 is 11.9 Å². The number of para-hydroxylation sites is 2. The molecule has 0 radical (unpaired) electrons. The van der Waals surface area contributed by atoms with Crippen LogP contribution in [0.4, 0.5) is 0 Å². The fourth-order valence-corrected chi connectivity index (χ4v) is 1.36. The third-order valence-corrected chi connectivity index (χ3v) is 2.65. The second kappa shape index (κ2) is 5.21. The minimum Gasteiger partial charge on any atom is -0.422 e. The summed E-state index contributed by atoms with van der Waals surface area (Å²) in [4.78, 5) is 23.1. The lowest BCUT2D eigenvalue weighted by Crippen LogP contribution is -2.16. The number of hydrogen-bond acceptors (Lipinski definition) is 4. The predicted molar refractivity (Wildman–Crippen MR) is 65.3 cm³/mol. The first-order valence-corrected chi connectivity index (χ1v) is 6.10. The van der Waals surface area contributed by atoms with Crippen LogP contribution in [0.3, 0.4) is 0 Å². The highest BCUT2D eigenvalue weighted by molar-refractivity contribution is 5.79. The van der Waals surface area contributed by atoms with Gasteiger partial charge in [-0.2, -0.15) is 0 Å². The van der Waals surface area contributed by atoms with Crippen LogP contribution in [0.2, 0.25) is 0 Å². The minimum atomic E-state index is -0.343. The van der Waals surface area contributed by atoms with Gasteiger partial charge in [-0.1, -0.05) is 26.0 Å². The molecule has 4 heteroatoms. The van der Waals surface area contributed by atoms with E-state index in [4.69, 9.17) is 9.47 Å². The van der Waals surface area contributed by atoms with Gasteiger partial charge < -0.3 is 9.47 Å². The van der Waals surface area contributed by atoms with E-state index in [1.165, 1.54) is 0 Å². The number of carbonyl (C=O) groups is 2. The van der Waals surface area contributed by atoms with Crippen LogP contribution in [0.25, 0.3) is 0 Å². The van der Waals surface area contributed by atoms with Crippen molar-refractivity contribution in [3.05, 3.63) is 24.3 Å². The molecule has 0 amide bonds. The van der Waals surface area contributed by atoms with Crippen molar-refractivity contribution in [1.29, 1.82) is 0 Å². The summed E-state index contributed by atoms with van der Waals surface area (Å²) in [5.74, 6) is -0.197. The summed E-state index contributed by atoms with van der Waals surface area (Å²) in [5.41, 5.74) is 0. The van der Waals surface area contributed by atoms with Crippen molar-refractivity contribution in [2.75, 3.05) is 0 Å². The fourth-order valence-electron chi connectivity index (χ4n) is 1.36. The molecule has 1 aliphatic rings. The average molecular weight is 248 g/mol. The highest BCUT2D eigenvalue weighted by Crippen LogP contribution is 2.33. The molecule has 0 saturated heterocycles. The van der Waals surface area contributed by atoms with E-state index in [0.29, 0.717) is 11.5 Å². The van der Waals surface area contributed by atoms with Crippen LogP contribution in [-0.4, -0.2) is 11.9 Å².